The summed E-state index contributed by atoms with van der Waals surface area (Å²) in [6, 6.07) is 0. The molecule has 0 aromatic heterocycles. The minimum Gasteiger partial charge on any atom is -0.381 e. The molecule has 0 amide bonds. The number of hydrogen-bond donors (Lipinski definition) is 0. The summed E-state index contributed by atoms with van der Waals surface area (Å²) in [4.78, 5) is 13.6. The summed E-state index contributed by atoms with van der Waals surface area (Å²) in [6.07, 6.45) is 15.0. The Morgan fingerprint density at radius 2 is 1.71 bits per heavy atom. The number of Topliss-reactive ketones (excluding diaryl/α,β-unsaturated/α-hetero) is 1. The van der Waals surface area contributed by atoms with Gasteiger partial charge in [-0.25, -0.2) is 0 Å². The van der Waals surface area contributed by atoms with E-state index in [0.29, 0.717) is 30.0 Å². The molecule has 0 aromatic carbocycles. The molecule has 0 spiro atoms. The summed E-state index contributed by atoms with van der Waals surface area (Å²) in [7, 11) is -5.65. The lowest BCUT2D eigenvalue weighted by atomic mass is 9.47. The van der Waals surface area contributed by atoms with Gasteiger partial charge < -0.3 is 4.18 Å². The number of carbonyl (C=O) groups excluding carboxylic acids is 1. The van der Waals surface area contributed by atoms with Gasteiger partial charge in [0.15, 0.2) is 0 Å². The molecule has 8 heteroatoms. The standard InChI is InChI=1S/C27H37F3O4S/c1-25-14-12-19(34-35(32,33)27(28,29)30)16-18(25)8-9-20-21-10-11-23(26(21,2)15-13-22(20)25)24(31)17-6-4-3-5-7-17/h8,16-17,20-23H,3-7,9-15H2,1-2H3/t20-,21-,22-,23+,25-,26-/m0/s1. The van der Waals surface area contributed by atoms with E-state index in [9.17, 15) is 26.4 Å². The Labute approximate surface area is 206 Å². The van der Waals surface area contributed by atoms with Gasteiger partial charge in [-0.2, -0.15) is 21.6 Å². The third-order valence-electron chi connectivity index (χ3n) is 10.6. The Kier molecular flexibility index (Phi) is 6.25. The molecule has 0 aromatic rings. The lowest BCUT2D eigenvalue weighted by Gasteiger charge is -2.57. The first-order valence-corrected chi connectivity index (χ1v) is 14.7. The zero-order valence-electron chi connectivity index (χ0n) is 20.7. The van der Waals surface area contributed by atoms with Crippen LogP contribution < -0.4 is 0 Å². The predicted octanol–water partition coefficient (Wildman–Crippen LogP) is 7.07. The van der Waals surface area contributed by atoms with Crippen LogP contribution in [0.1, 0.15) is 90.9 Å². The van der Waals surface area contributed by atoms with Crippen LogP contribution in [0.2, 0.25) is 0 Å². The fourth-order valence-corrected chi connectivity index (χ4v) is 9.20. The van der Waals surface area contributed by atoms with E-state index in [2.05, 4.69) is 24.1 Å². The van der Waals surface area contributed by atoms with E-state index in [1.165, 1.54) is 19.3 Å². The predicted molar refractivity (Wildman–Crippen MR) is 126 cm³/mol. The Morgan fingerprint density at radius 3 is 2.40 bits per heavy atom. The first-order chi connectivity index (χ1) is 16.4. The van der Waals surface area contributed by atoms with E-state index < -0.39 is 15.6 Å². The van der Waals surface area contributed by atoms with Gasteiger partial charge in [0.2, 0.25) is 0 Å². The summed E-state index contributed by atoms with van der Waals surface area (Å²) in [5, 5.41) is 0. The van der Waals surface area contributed by atoms with Crippen molar-refractivity contribution < 1.29 is 30.6 Å². The molecule has 0 N–H and O–H groups in total. The van der Waals surface area contributed by atoms with Crippen LogP contribution in [0.5, 0.6) is 0 Å². The van der Waals surface area contributed by atoms with Crippen molar-refractivity contribution in [3.63, 3.8) is 0 Å². The van der Waals surface area contributed by atoms with Crippen molar-refractivity contribution in [1.29, 1.82) is 0 Å². The van der Waals surface area contributed by atoms with Crippen molar-refractivity contribution in [3.05, 3.63) is 23.5 Å². The molecule has 4 nitrogen and oxygen atoms in total. The second kappa shape index (κ2) is 8.63. The maximum Gasteiger partial charge on any atom is 0.534 e. The zero-order chi connectivity index (χ0) is 25.2. The van der Waals surface area contributed by atoms with Gasteiger partial charge in [0.1, 0.15) is 11.5 Å². The molecule has 196 valence electrons. The number of halogens is 3. The van der Waals surface area contributed by atoms with E-state index >= 15 is 0 Å². The number of ketones is 1. The number of allylic oxidation sites excluding steroid dienone is 4. The Bertz CT molecular complexity index is 1040. The van der Waals surface area contributed by atoms with Crippen molar-refractivity contribution >= 4 is 15.9 Å². The maximum absolute atomic E-state index is 13.6. The molecule has 0 heterocycles. The minimum atomic E-state index is -5.65. The highest BCUT2D eigenvalue weighted by atomic mass is 32.2. The number of alkyl halides is 3. The second-order valence-corrected chi connectivity index (χ2v) is 13.7. The highest BCUT2D eigenvalue weighted by molar-refractivity contribution is 7.87. The molecular formula is C27H37F3O4S. The summed E-state index contributed by atoms with van der Waals surface area (Å²) in [5.41, 5.74) is -4.68. The Balaban J connectivity index is 1.36. The van der Waals surface area contributed by atoms with Gasteiger partial charge in [0.05, 0.1) is 0 Å². The van der Waals surface area contributed by atoms with Crippen molar-refractivity contribution in [2.75, 3.05) is 0 Å². The van der Waals surface area contributed by atoms with E-state index in [1.807, 2.05) is 0 Å². The molecular weight excluding hydrogens is 477 g/mol. The second-order valence-electron chi connectivity index (χ2n) is 12.2. The van der Waals surface area contributed by atoms with Crippen LogP contribution in [0.3, 0.4) is 0 Å². The summed E-state index contributed by atoms with van der Waals surface area (Å²) >= 11 is 0. The largest absolute Gasteiger partial charge is 0.534 e. The van der Waals surface area contributed by atoms with Gasteiger partial charge in [0.25, 0.3) is 0 Å². The van der Waals surface area contributed by atoms with Crippen LogP contribution in [0, 0.1) is 40.4 Å². The van der Waals surface area contributed by atoms with Crippen LogP contribution in [-0.2, 0) is 19.1 Å². The van der Waals surface area contributed by atoms with Crippen LogP contribution in [0.25, 0.3) is 0 Å². The topological polar surface area (TPSA) is 60.4 Å². The highest BCUT2D eigenvalue weighted by Gasteiger charge is 2.60. The fourth-order valence-electron chi connectivity index (χ4n) is 8.69. The normalized spacial score (nSPS) is 40.1. The lowest BCUT2D eigenvalue weighted by molar-refractivity contribution is -0.134. The molecule has 3 fully saturated rings. The fraction of sp³-hybridized carbons (Fsp3) is 0.815. The molecule has 0 saturated heterocycles. The van der Waals surface area contributed by atoms with E-state index in [-0.39, 0.29) is 34.8 Å². The van der Waals surface area contributed by atoms with Crippen molar-refractivity contribution in [2.45, 2.75) is 96.4 Å². The van der Waals surface area contributed by atoms with Crippen LogP contribution in [-0.4, -0.2) is 19.7 Å². The molecule has 0 aliphatic heterocycles. The van der Waals surface area contributed by atoms with E-state index in [1.54, 1.807) is 6.08 Å². The van der Waals surface area contributed by atoms with Gasteiger partial charge in [-0.3, -0.25) is 4.79 Å². The molecule has 3 saturated carbocycles. The Hall–Kier alpha value is -1.31. The van der Waals surface area contributed by atoms with Crippen LogP contribution >= 0.6 is 0 Å². The number of fused-ring (bicyclic) bond motifs is 5. The molecule has 5 aliphatic rings. The van der Waals surface area contributed by atoms with E-state index in [0.717, 1.165) is 50.5 Å². The van der Waals surface area contributed by atoms with Crippen LogP contribution in [0.4, 0.5) is 13.2 Å². The number of carbonyl (C=O) groups is 1. The van der Waals surface area contributed by atoms with Crippen molar-refractivity contribution in [1.82, 2.24) is 0 Å². The van der Waals surface area contributed by atoms with Crippen molar-refractivity contribution in [2.24, 2.45) is 40.4 Å². The number of rotatable bonds is 4. The molecule has 0 bridgehead atoms. The zero-order valence-corrected chi connectivity index (χ0v) is 21.5. The molecule has 5 rings (SSSR count). The van der Waals surface area contributed by atoms with Gasteiger partial charge in [0, 0.05) is 18.3 Å². The molecule has 6 atom stereocenters. The summed E-state index contributed by atoms with van der Waals surface area (Å²) in [6.45, 7) is 4.53. The van der Waals surface area contributed by atoms with Gasteiger partial charge in [-0.15, -0.1) is 0 Å². The van der Waals surface area contributed by atoms with Crippen LogP contribution in [0.15, 0.2) is 23.5 Å². The average Bonchev–Trinajstić information content (AvgIpc) is 3.15. The third-order valence-corrected chi connectivity index (χ3v) is 11.6. The average molecular weight is 515 g/mol. The smallest absolute Gasteiger partial charge is 0.381 e. The monoisotopic (exact) mass is 514 g/mol. The summed E-state index contributed by atoms with van der Waals surface area (Å²) < 4.78 is 65.9. The van der Waals surface area contributed by atoms with Crippen molar-refractivity contribution in [3.8, 4) is 0 Å². The molecule has 35 heavy (non-hydrogen) atoms. The first-order valence-electron chi connectivity index (χ1n) is 13.3. The molecule has 5 aliphatic carbocycles. The molecule has 0 radical (unpaired) electrons. The first kappa shape index (κ1) is 25.3. The number of hydrogen-bond acceptors (Lipinski definition) is 4. The van der Waals surface area contributed by atoms with Gasteiger partial charge in [-0.1, -0.05) is 39.2 Å². The summed E-state index contributed by atoms with van der Waals surface area (Å²) in [5.74, 6) is 2.13. The quantitative estimate of drug-likeness (QED) is 0.297. The maximum atomic E-state index is 13.6. The third kappa shape index (κ3) is 4.10. The van der Waals surface area contributed by atoms with Gasteiger partial charge in [-0.05, 0) is 91.6 Å². The SMILES string of the molecule is C[C@]12CC[C@H]3[C@@H](CC=C4C=C(OS(=O)(=O)C(F)(F)F)CC[C@@]43C)[C@@H]1CC[C@@H]2C(=O)C1CCCCC1. The van der Waals surface area contributed by atoms with Gasteiger partial charge >= 0.3 is 15.6 Å². The minimum absolute atomic E-state index is 0.0387. The highest BCUT2D eigenvalue weighted by Crippen LogP contribution is 2.66. The van der Waals surface area contributed by atoms with E-state index in [4.69, 9.17) is 0 Å². The molecule has 0 unspecified atom stereocenters. The Morgan fingerprint density at radius 1 is 1.00 bits per heavy atom. The lowest BCUT2D eigenvalue weighted by Crippen LogP contribution is -2.50.